The van der Waals surface area contributed by atoms with Gasteiger partial charge in [-0.3, -0.25) is 0 Å². The second-order valence-electron chi connectivity index (χ2n) is 3.41. The highest BCUT2D eigenvalue weighted by molar-refractivity contribution is 6.30. The van der Waals surface area contributed by atoms with Crippen LogP contribution in [0, 0.1) is 6.92 Å². The third kappa shape index (κ3) is 2.05. The molecule has 1 saturated heterocycles. The first-order valence-electron chi connectivity index (χ1n) is 4.71. The average molecular weight is 213 g/mol. The van der Waals surface area contributed by atoms with Crippen LogP contribution >= 0.6 is 11.6 Å². The normalized spacial score (nSPS) is 22.3. The zero-order valence-corrected chi connectivity index (χ0v) is 8.84. The van der Waals surface area contributed by atoms with E-state index in [1.54, 1.807) is 0 Å². The molecule has 0 amide bonds. The van der Waals surface area contributed by atoms with Gasteiger partial charge >= 0.3 is 0 Å². The number of aromatic nitrogens is 1. The van der Waals surface area contributed by atoms with Crippen LogP contribution in [-0.4, -0.2) is 24.7 Å². The molecule has 0 aromatic carbocycles. The number of halogens is 1. The van der Waals surface area contributed by atoms with Gasteiger partial charge in [-0.2, -0.15) is 0 Å². The van der Waals surface area contributed by atoms with E-state index in [0.717, 1.165) is 24.4 Å². The second kappa shape index (κ2) is 4.26. The van der Waals surface area contributed by atoms with Crippen molar-refractivity contribution in [3.8, 4) is 0 Å². The number of ether oxygens (including phenoxy) is 1. The summed E-state index contributed by atoms with van der Waals surface area (Å²) in [5, 5.41) is 3.92. The molecule has 3 nitrogen and oxygen atoms in total. The molecular formula is C10H13ClN2O. The van der Waals surface area contributed by atoms with Crippen LogP contribution in [0.1, 0.15) is 17.3 Å². The SMILES string of the molecule is Cc1ccc([C@@H]2COCCN2)c(Cl)n1. The summed E-state index contributed by atoms with van der Waals surface area (Å²) in [6.07, 6.45) is 0. The predicted octanol–water partition coefficient (Wildman–Crippen LogP) is 1.70. The maximum atomic E-state index is 6.06. The predicted molar refractivity (Wildman–Crippen MR) is 55.5 cm³/mol. The number of pyridine rings is 1. The Labute approximate surface area is 88.4 Å². The van der Waals surface area contributed by atoms with Crippen molar-refractivity contribution in [1.29, 1.82) is 0 Å². The van der Waals surface area contributed by atoms with Gasteiger partial charge in [-0.15, -0.1) is 0 Å². The van der Waals surface area contributed by atoms with Crippen molar-refractivity contribution in [2.24, 2.45) is 0 Å². The van der Waals surface area contributed by atoms with E-state index in [4.69, 9.17) is 16.3 Å². The summed E-state index contributed by atoms with van der Waals surface area (Å²) in [5.74, 6) is 0. The molecule has 0 spiro atoms. The molecule has 0 aliphatic carbocycles. The van der Waals surface area contributed by atoms with E-state index >= 15 is 0 Å². The van der Waals surface area contributed by atoms with E-state index in [9.17, 15) is 0 Å². The largest absolute Gasteiger partial charge is 0.378 e. The first kappa shape index (κ1) is 9.90. The lowest BCUT2D eigenvalue weighted by molar-refractivity contribution is 0.0768. The van der Waals surface area contributed by atoms with Gasteiger partial charge in [0.1, 0.15) is 5.15 Å². The average Bonchev–Trinajstić information content (AvgIpc) is 2.19. The number of aryl methyl sites for hydroxylation is 1. The van der Waals surface area contributed by atoms with Gasteiger partial charge in [-0.1, -0.05) is 17.7 Å². The van der Waals surface area contributed by atoms with Gasteiger partial charge in [-0.05, 0) is 13.0 Å². The quantitative estimate of drug-likeness (QED) is 0.720. The molecule has 0 radical (unpaired) electrons. The summed E-state index contributed by atoms with van der Waals surface area (Å²) in [7, 11) is 0. The van der Waals surface area contributed by atoms with Crippen LogP contribution in [0.3, 0.4) is 0 Å². The number of rotatable bonds is 1. The lowest BCUT2D eigenvalue weighted by Gasteiger charge is -2.24. The number of morpholine rings is 1. The highest BCUT2D eigenvalue weighted by Gasteiger charge is 2.18. The molecule has 4 heteroatoms. The smallest absolute Gasteiger partial charge is 0.134 e. The lowest BCUT2D eigenvalue weighted by atomic mass is 10.1. The molecule has 1 aromatic heterocycles. The fourth-order valence-corrected chi connectivity index (χ4v) is 1.89. The van der Waals surface area contributed by atoms with Crippen LogP contribution in [0.25, 0.3) is 0 Å². The van der Waals surface area contributed by atoms with E-state index in [1.165, 1.54) is 0 Å². The van der Waals surface area contributed by atoms with Crippen molar-refractivity contribution >= 4 is 11.6 Å². The first-order chi connectivity index (χ1) is 6.77. The Morgan fingerprint density at radius 3 is 3.07 bits per heavy atom. The van der Waals surface area contributed by atoms with Gasteiger partial charge < -0.3 is 10.1 Å². The molecule has 0 unspecified atom stereocenters. The summed E-state index contributed by atoms with van der Waals surface area (Å²) < 4.78 is 5.37. The van der Waals surface area contributed by atoms with Crippen LogP contribution in [0.4, 0.5) is 0 Å². The minimum absolute atomic E-state index is 0.185. The minimum Gasteiger partial charge on any atom is -0.378 e. The highest BCUT2D eigenvalue weighted by atomic mass is 35.5. The molecule has 0 bridgehead atoms. The van der Waals surface area contributed by atoms with Crippen LogP contribution in [-0.2, 0) is 4.74 Å². The standard InChI is InChI=1S/C10H13ClN2O/c1-7-2-3-8(10(11)13-7)9-6-14-5-4-12-9/h2-3,9,12H,4-6H2,1H3/t9-/m0/s1. The maximum absolute atomic E-state index is 6.06. The van der Waals surface area contributed by atoms with E-state index in [1.807, 2.05) is 19.1 Å². The summed E-state index contributed by atoms with van der Waals surface area (Å²) in [6.45, 7) is 4.24. The Kier molecular flexibility index (Phi) is 3.01. The third-order valence-electron chi connectivity index (χ3n) is 2.31. The van der Waals surface area contributed by atoms with Gasteiger partial charge in [0, 0.05) is 17.8 Å². The molecule has 2 heterocycles. The van der Waals surface area contributed by atoms with Gasteiger partial charge in [-0.25, -0.2) is 4.98 Å². The maximum Gasteiger partial charge on any atom is 0.134 e. The molecular weight excluding hydrogens is 200 g/mol. The Hall–Kier alpha value is -0.640. The van der Waals surface area contributed by atoms with Crippen LogP contribution in [0.2, 0.25) is 5.15 Å². The zero-order valence-electron chi connectivity index (χ0n) is 8.09. The molecule has 76 valence electrons. The van der Waals surface area contributed by atoms with Crippen molar-refractivity contribution in [2.75, 3.05) is 19.8 Å². The fraction of sp³-hybridized carbons (Fsp3) is 0.500. The number of hydrogen-bond donors (Lipinski definition) is 1. The van der Waals surface area contributed by atoms with Gasteiger partial charge in [0.15, 0.2) is 0 Å². The molecule has 1 N–H and O–H groups in total. The fourth-order valence-electron chi connectivity index (χ4n) is 1.56. The zero-order chi connectivity index (χ0) is 9.97. The monoisotopic (exact) mass is 212 g/mol. The molecule has 2 rings (SSSR count). The second-order valence-corrected chi connectivity index (χ2v) is 3.77. The summed E-state index contributed by atoms with van der Waals surface area (Å²) in [6, 6.07) is 4.17. The minimum atomic E-state index is 0.185. The molecule has 1 aromatic rings. The Morgan fingerprint density at radius 1 is 1.57 bits per heavy atom. The van der Waals surface area contributed by atoms with Gasteiger partial charge in [0.05, 0.1) is 19.3 Å². The Bertz CT molecular complexity index is 324. The van der Waals surface area contributed by atoms with E-state index in [-0.39, 0.29) is 6.04 Å². The van der Waals surface area contributed by atoms with Crippen molar-refractivity contribution in [3.05, 3.63) is 28.5 Å². The van der Waals surface area contributed by atoms with Crippen LogP contribution in [0.15, 0.2) is 12.1 Å². The Balaban J connectivity index is 2.22. The number of nitrogens with one attached hydrogen (secondary N) is 1. The van der Waals surface area contributed by atoms with Crippen LogP contribution in [0.5, 0.6) is 0 Å². The molecule has 1 fully saturated rings. The van der Waals surface area contributed by atoms with Gasteiger partial charge in [0.2, 0.25) is 0 Å². The molecule has 14 heavy (non-hydrogen) atoms. The summed E-state index contributed by atoms with van der Waals surface area (Å²) in [4.78, 5) is 4.22. The van der Waals surface area contributed by atoms with E-state index < -0.39 is 0 Å². The van der Waals surface area contributed by atoms with E-state index in [0.29, 0.717) is 11.8 Å². The number of hydrogen-bond acceptors (Lipinski definition) is 3. The van der Waals surface area contributed by atoms with Crippen molar-refractivity contribution in [1.82, 2.24) is 10.3 Å². The first-order valence-corrected chi connectivity index (χ1v) is 5.09. The Morgan fingerprint density at radius 2 is 2.43 bits per heavy atom. The lowest BCUT2D eigenvalue weighted by Crippen LogP contribution is -2.34. The molecule has 1 aliphatic rings. The van der Waals surface area contributed by atoms with Gasteiger partial charge in [0.25, 0.3) is 0 Å². The molecule has 1 aliphatic heterocycles. The van der Waals surface area contributed by atoms with Crippen LogP contribution < -0.4 is 5.32 Å². The highest BCUT2D eigenvalue weighted by Crippen LogP contribution is 2.22. The van der Waals surface area contributed by atoms with Crippen molar-refractivity contribution < 1.29 is 4.74 Å². The van der Waals surface area contributed by atoms with Crippen molar-refractivity contribution in [2.45, 2.75) is 13.0 Å². The number of nitrogens with zero attached hydrogens (tertiary/aromatic N) is 1. The van der Waals surface area contributed by atoms with Crippen molar-refractivity contribution in [3.63, 3.8) is 0 Å². The molecule has 0 saturated carbocycles. The third-order valence-corrected chi connectivity index (χ3v) is 2.62. The molecule has 1 atom stereocenters. The summed E-state index contributed by atoms with van der Waals surface area (Å²) >= 11 is 6.06. The topological polar surface area (TPSA) is 34.1 Å². The van der Waals surface area contributed by atoms with E-state index in [2.05, 4.69) is 10.3 Å². The summed E-state index contributed by atoms with van der Waals surface area (Å²) in [5.41, 5.74) is 1.97.